The van der Waals surface area contributed by atoms with Gasteiger partial charge in [0.1, 0.15) is 4.90 Å². The molecule has 0 radical (unpaired) electrons. The van der Waals surface area contributed by atoms with Crippen molar-refractivity contribution in [3.8, 4) is 6.07 Å². The van der Waals surface area contributed by atoms with E-state index in [1.54, 1.807) is 6.07 Å². The average molecular weight is 327 g/mol. The Morgan fingerprint density at radius 3 is 2.45 bits per heavy atom. The number of benzene rings is 1. The lowest BCUT2D eigenvalue weighted by Gasteiger charge is -2.18. The van der Waals surface area contributed by atoms with Gasteiger partial charge in [-0.1, -0.05) is 11.6 Å². The first-order valence-electron chi connectivity index (χ1n) is 5.30. The third-order valence-electron chi connectivity index (χ3n) is 2.46. The number of halogens is 4. The van der Waals surface area contributed by atoms with Gasteiger partial charge < -0.3 is 0 Å². The van der Waals surface area contributed by atoms with E-state index in [-0.39, 0.29) is 15.5 Å². The SMILES string of the molecule is CN(CCC(F)(F)F)S(=O)(=O)c1ccc(C#N)cc1Cl. The van der Waals surface area contributed by atoms with Crippen LogP contribution in [0.3, 0.4) is 0 Å². The minimum absolute atomic E-state index is 0.159. The summed E-state index contributed by atoms with van der Waals surface area (Å²) in [5.74, 6) is 0. The third-order valence-corrected chi connectivity index (χ3v) is 4.80. The van der Waals surface area contributed by atoms with Crippen LogP contribution in [0.15, 0.2) is 23.1 Å². The maximum Gasteiger partial charge on any atom is 0.390 e. The second-order valence-corrected chi connectivity index (χ2v) is 6.37. The molecular formula is C11H10ClF3N2O2S. The van der Waals surface area contributed by atoms with Crippen molar-refractivity contribution in [3.63, 3.8) is 0 Å². The molecule has 0 aliphatic heterocycles. The first-order valence-corrected chi connectivity index (χ1v) is 7.12. The van der Waals surface area contributed by atoms with Gasteiger partial charge in [-0.2, -0.15) is 18.4 Å². The van der Waals surface area contributed by atoms with Gasteiger partial charge in [0.25, 0.3) is 0 Å². The first-order chi connectivity index (χ1) is 9.08. The number of sulfonamides is 1. The number of hydrogen-bond donors (Lipinski definition) is 0. The Bertz CT molecular complexity index is 638. The van der Waals surface area contributed by atoms with Gasteiger partial charge in [-0.05, 0) is 18.2 Å². The van der Waals surface area contributed by atoms with E-state index in [0.29, 0.717) is 4.31 Å². The predicted octanol–water partition coefficient (Wildman–Crippen LogP) is 2.78. The van der Waals surface area contributed by atoms with Crippen molar-refractivity contribution in [2.75, 3.05) is 13.6 Å². The van der Waals surface area contributed by atoms with E-state index in [9.17, 15) is 21.6 Å². The topological polar surface area (TPSA) is 61.2 Å². The molecule has 0 N–H and O–H groups in total. The highest BCUT2D eigenvalue weighted by molar-refractivity contribution is 7.89. The molecule has 0 heterocycles. The summed E-state index contributed by atoms with van der Waals surface area (Å²) in [6.45, 7) is -0.706. The smallest absolute Gasteiger partial charge is 0.207 e. The molecule has 0 amide bonds. The van der Waals surface area contributed by atoms with Gasteiger partial charge in [-0.25, -0.2) is 12.7 Å². The van der Waals surface area contributed by atoms with Gasteiger partial charge >= 0.3 is 6.18 Å². The van der Waals surface area contributed by atoms with Crippen molar-refractivity contribution in [3.05, 3.63) is 28.8 Å². The summed E-state index contributed by atoms with van der Waals surface area (Å²) in [7, 11) is -3.09. The van der Waals surface area contributed by atoms with Crippen LogP contribution >= 0.6 is 11.6 Å². The summed E-state index contributed by atoms with van der Waals surface area (Å²) in [6, 6.07) is 5.25. The van der Waals surface area contributed by atoms with Gasteiger partial charge in [0.05, 0.1) is 23.1 Å². The Balaban J connectivity index is 3.02. The molecule has 0 fully saturated rings. The number of nitrogens with zero attached hydrogens (tertiary/aromatic N) is 2. The lowest BCUT2D eigenvalue weighted by atomic mass is 10.2. The number of alkyl halides is 3. The molecule has 0 aromatic heterocycles. The summed E-state index contributed by atoms with van der Waals surface area (Å²) < 4.78 is 61.0. The minimum atomic E-state index is -4.45. The summed E-state index contributed by atoms with van der Waals surface area (Å²) in [4.78, 5) is -0.331. The predicted molar refractivity (Wildman–Crippen MR) is 66.7 cm³/mol. The lowest BCUT2D eigenvalue weighted by Crippen LogP contribution is -2.30. The monoisotopic (exact) mass is 326 g/mol. The number of nitriles is 1. The summed E-state index contributed by atoms with van der Waals surface area (Å²) in [6.07, 6.45) is -5.70. The van der Waals surface area contributed by atoms with Crippen LogP contribution in [0.2, 0.25) is 5.02 Å². The van der Waals surface area contributed by atoms with Crippen LogP contribution in [-0.4, -0.2) is 32.5 Å². The van der Waals surface area contributed by atoms with E-state index >= 15 is 0 Å². The Labute approximate surface area is 119 Å². The van der Waals surface area contributed by atoms with Crippen LogP contribution < -0.4 is 0 Å². The molecule has 1 rings (SSSR count). The number of rotatable bonds is 4. The zero-order valence-electron chi connectivity index (χ0n) is 10.3. The van der Waals surface area contributed by atoms with Crippen molar-refractivity contribution >= 4 is 21.6 Å². The molecule has 9 heteroatoms. The first kappa shape index (κ1) is 16.8. The summed E-state index contributed by atoms with van der Waals surface area (Å²) in [5.41, 5.74) is 0.159. The van der Waals surface area contributed by atoms with Gasteiger partial charge in [-0.15, -0.1) is 0 Å². The van der Waals surface area contributed by atoms with Crippen molar-refractivity contribution in [1.82, 2.24) is 4.31 Å². The molecule has 0 saturated carbocycles. The average Bonchev–Trinajstić information content (AvgIpc) is 2.34. The maximum atomic E-state index is 12.1. The highest BCUT2D eigenvalue weighted by atomic mass is 35.5. The molecule has 110 valence electrons. The van der Waals surface area contributed by atoms with Crippen molar-refractivity contribution in [1.29, 1.82) is 5.26 Å². The molecule has 0 bridgehead atoms. The molecule has 4 nitrogen and oxygen atoms in total. The zero-order chi connectivity index (χ0) is 15.6. The second-order valence-electron chi connectivity index (χ2n) is 3.95. The lowest BCUT2D eigenvalue weighted by molar-refractivity contribution is -0.135. The molecule has 1 aromatic carbocycles. The van der Waals surface area contributed by atoms with Crippen LogP contribution in [-0.2, 0) is 10.0 Å². The molecule has 0 aliphatic carbocycles. The van der Waals surface area contributed by atoms with E-state index in [2.05, 4.69) is 0 Å². The summed E-state index contributed by atoms with van der Waals surface area (Å²) in [5, 5.41) is 8.44. The van der Waals surface area contributed by atoms with E-state index < -0.39 is 29.2 Å². The highest BCUT2D eigenvalue weighted by Crippen LogP contribution is 2.26. The zero-order valence-corrected chi connectivity index (χ0v) is 11.8. The fourth-order valence-corrected chi connectivity index (χ4v) is 3.04. The number of hydrogen-bond acceptors (Lipinski definition) is 3. The van der Waals surface area contributed by atoms with Gasteiger partial charge in [0.15, 0.2) is 0 Å². The van der Waals surface area contributed by atoms with Crippen LogP contribution in [0, 0.1) is 11.3 Å². The highest BCUT2D eigenvalue weighted by Gasteiger charge is 2.31. The van der Waals surface area contributed by atoms with Crippen LogP contribution in [0.25, 0.3) is 0 Å². The molecule has 0 spiro atoms. The van der Waals surface area contributed by atoms with Crippen LogP contribution in [0.4, 0.5) is 13.2 Å². The van der Waals surface area contributed by atoms with Crippen LogP contribution in [0.5, 0.6) is 0 Å². The molecule has 0 aliphatic rings. The largest absolute Gasteiger partial charge is 0.390 e. The fourth-order valence-electron chi connectivity index (χ4n) is 1.35. The van der Waals surface area contributed by atoms with Crippen molar-refractivity contribution in [2.45, 2.75) is 17.5 Å². The third kappa shape index (κ3) is 4.10. The second kappa shape index (κ2) is 5.99. The minimum Gasteiger partial charge on any atom is -0.207 e. The van der Waals surface area contributed by atoms with E-state index in [0.717, 1.165) is 19.2 Å². The summed E-state index contributed by atoms with van der Waals surface area (Å²) >= 11 is 5.75. The van der Waals surface area contributed by atoms with Crippen LogP contribution in [0.1, 0.15) is 12.0 Å². The van der Waals surface area contributed by atoms with E-state index in [1.807, 2.05) is 0 Å². The molecule has 0 atom stereocenters. The molecule has 1 aromatic rings. The Morgan fingerprint density at radius 1 is 1.40 bits per heavy atom. The van der Waals surface area contributed by atoms with E-state index in [1.165, 1.54) is 6.07 Å². The van der Waals surface area contributed by atoms with Gasteiger partial charge in [0, 0.05) is 13.6 Å². The Hall–Kier alpha value is -1.30. The Morgan fingerprint density at radius 2 is 2.00 bits per heavy atom. The molecule has 20 heavy (non-hydrogen) atoms. The molecule has 0 saturated heterocycles. The standard InChI is InChI=1S/C11H10ClF3N2O2S/c1-17(5-4-11(13,14)15)20(18,19)10-3-2-8(7-16)6-9(10)12/h2-3,6H,4-5H2,1H3. The van der Waals surface area contributed by atoms with Gasteiger partial charge in [-0.3, -0.25) is 0 Å². The maximum absolute atomic E-state index is 12.1. The Kier molecular flexibility index (Phi) is 5.02. The molecule has 0 unspecified atom stereocenters. The molecular weight excluding hydrogens is 317 g/mol. The fraction of sp³-hybridized carbons (Fsp3) is 0.364. The van der Waals surface area contributed by atoms with E-state index in [4.69, 9.17) is 16.9 Å². The van der Waals surface area contributed by atoms with Gasteiger partial charge in [0.2, 0.25) is 10.0 Å². The van der Waals surface area contributed by atoms with Crippen molar-refractivity contribution < 1.29 is 21.6 Å². The quantitative estimate of drug-likeness (QED) is 0.854. The normalized spacial score (nSPS) is 12.4. The van der Waals surface area contributed by atoms with Crippen molar-refractivity contribution in [2.24, 2.45) is 0 Å².